The highest BCUT2D eigenvalue weighted by Gasteiger charge is 2.41. The van der Waals surface area contributed by atoms with E-state index in [1.807, 2.05) is 0 Å². The molecule has 0 radical (unpaired) electrons. The molecule has 3 nitrogen and oxygen atoms in total. The van der Waals surface area contributed by atoms with Crippen LogP contribution in [0.3, 0.4) is 0 Å². The molecule has 0 aromatic carbocycles. The summed E-state index contributed by atoms with van der Waals surface area (Å²) in [5, 5.41) is -3.11. The van der Waals surface area contributed by atoms with Crippen molar-refractivity contribution in [1.29, 1.82) is 0 Å². The first kappa shape index (κ1) is 10.6. The SMILES string of the molecule is CC(CCN)(N(F)F)N(F)F. The van der Waals surface area contributed by atoms with Gasteiger partial charge in [-0.2, -0.15) is 0 Å². The van der Waals surface area contributed by atoms with E-state index in [0.29, 0.717) is 6.92 Å². The van der Waals surface area contributed by atoms with E-state index in [1.165, 1.54) is 0 Å². The summed E-state index contributed by atoms with van der Waals surface area (Å²) in [6.07, 6.45) is -0.507. The van der Waals surface area contributed by atoms with Crippen molar-refractivity contribution in [1.82, 2.24) is 10.7 Å². The highest BCUT2D eigenvalue weighted by atomic mass is 19.4. The number of hydrogen-bond donors (Lipinski definition) is 1. The molecule has 0 bridgehead atoms. The third kappa shape index (κ3) is 2.28. The van der Waals surface area contributed by atoms with Crippen molar-refractivity contribution in [2.75, 3.05) is 6.54 Å². The second-order valence-corrected chi connectivity index (χ2v) is 2.22. The van der Waals surface area contributed by atoms with Gasteiger partial charge in [0.25, 0.3) is 0 Å². The van der Waals surface area contributed by atoms with Gasteiger partial charge in [-0.15, -0.1) is 0 Å². The first-order valence-corrected chi connectivity index (χ1v) is 2.89. The average molecular weight is 175 g/mol. The first-order chi connectivity index (χ1) is 4.95. The standard InChI is InChI=1S/C4H9F4N3/c1-4(2-3-9,10(5)6)11(7)8/h2-3,9H2,1H3. The summed E-state index contributed by atoms with van der Waals surface area (Å²) in [4.78, 5) is 0. The molecule has 0 unspecified atom stereocenters. The molecule has 2 N–H and O–H groups in total. The molecule has 0 heterocycles. The van der Waals surface area contributed by atoms with Crippen molar-refractivity contribution in [2.45, 2.75) is 19.0 Å². The molecule has 0 atom stereocenters. The molecule has 0 saturated heterocycles. The molecule has 0 aromatic heterocycles. The van der Waals surface area contributed by atoms with E-state index in [9.17, 15) is 17.9 Å². The van der Waals surface area contributed by atoms with E-state index < -0.39 is 22.8 Å². The van der Waals surface area contributed by atoms with Crippen LogP contribution in [0.1, 0.15) is 13.3 Å². The molecule has 7 heteroatoms. The van der Waals surface area contributed by atoms with Crippen molar-refractivity contribution in [3.63, 3.8) is 0 Å². The molecule has 11 heavy (non-hydrogen) atoms. The summed E-state index contributed by atoms with van der Waals surface area (Å²) in [6, 6.07) is 0. The van der Waals surface area contributed by atoms with Crippen LogP contribution in [0.15, 0.2) is 0 Å². The fraction of sp³-hybridized carbons (Fsp3) is 1.00. The Hall–Kier alpha value is -0.400. The smallest absolute Gasteiger partial charge is 0.194 e. The first-order valence-electron chi connectivity index (χ1n) is 2.89. The van der Waals surface area contributed by atoms with E-state index in [1.54, 1.807) is 0 Å². The Balaban J connectivity index is 4.26. The molecular weight excluding hydrogens is 166 g/mol. The van der Waals surface area contributed by atoms with E-state index in [4.69, 9.17) is 5.73 Å². The Kier molecular flexibility index (Phi) is 3.70. The van der Waals surface area contributed by atoms with Crippen molar-refractivity contribution >= 4 is 0 Å². The maximum atomic E-state index is 11.8. The van der Waals surface area contributed by atoms with E-state index in [0.717, 1.165) is 0 Å². The third-order valence-electron chi connectivity index (χ3n) is 1.35. The van der Waals surface area contributed by atoms with Crippen molar-refractivity contribution in [3.8, 4) is 0 Å². The topological polar surface area (TPSA) is 32.5 Å². The average Bonchev–Trinajstić information content (AvgIpc) is 1.87. The number of rotatable bonds is 4. The molecule has 0 amide bonds. The third-order valence-corrected chi connectivity index (χ3v) is 1.35. The Bertz CT molecular complexity index is 110. The van der Waals surface area contributed by atoms with Crippen molar-refractivity contribution in [2.24, 2.45) is 5.73 Å². The van der Waals surface area contributed by atoms with E-state index >= 15 is 0 Å². The minimum absolute atomic E-state index is 0.231. The summed E-state index contributed by atoms with van der Waals surface area (Å²) in [6.45, 7) is 0.463. The van der Waals surface area contributed by atoms with Gasteiger partial charge in [-0.05, 0) is 13.5 Å². The maximum Gasteiger partial charge on any atom is 0.194 e. The summed E-state index contributed by atoms with van der Waals surface area (Å²) < 4.78 is 47.1. The Morgan fingerprint density at radius 2 is 1.55 bits per heavy atom. The van der Waals surface area contributed by atoms with Gasteiger partial charge in [0.05, 0.1) is 0 Å². The largest absolute Gasteiger partial charge is 0.330 e. The summed E-state index contributed by atoms with van der Waals surface area (Å²) in [5.41, 5.74) is 2.30. The van der Waals surface area contributed by atoms with Crippen molar-refractivity contribution in [3.05, 3.63) is 0 Å². The van der Waals surface area contributed by atoms with E-state index in [-0.39, 0.29) is 6.54 Å². The zero-order valence-electron chi connectivity index (χ0n) is 5.90. The van der Waals surface area contributed by atoms with Gasteiger partial charge in [0.15, 0.2) is 5.66 Å². The lowest BCUT2D eigenvalue weighted by molar-refractivity contribution is -0.366. The monoisotopic (exact) mass is 175 g/mol. The highest BCUT2D eigenvalue weighted by molar-refractivity contribution is 4.70. The zero-order chi connectivity index (χ0) is 9.07. The van der Waals surface area contributed by atoms with Crippen LogP contribution in [0.25, 0.3) is 0 Å². The van der Waals surface area contributed by atoms with Gasteiger partial charge >= 0.3 is 0 Å². The van der Waals surface area contributed by atoms with Gasteiger partial charge in [-0.3, -0.25) is 0 Å². The lowest BCUT2D eigenvalue weighted by Gasteiger charge is -2.27. The van der Waals surface area contributed by atoms with Crippen LogP contribution in [-0.4, -0.2) is 22.9 Å². The molecule has 0 rings (SSSR count). The van der Waals surface area contributed by atoms with Crippen LogP contribution in [0.4, 0.5) is 17.9 Å². The molecule has 0 spiro atoms. The fourth-order valence-electron chi connectivity index (χ4n) is 0.500. The molecule has 0 aliphatic carbocycles. The molecule has 0 saturated carbocycles. The normalized spacial score (nSPS) is 13.1. The minimum Gasteiger partial charge on any atom is -0.330 e. The van der Waals surface area contributed by atoms with Crippen LogP contribution in [0, 0.1) is 0 Å². The number of hydrogen-bond acceptors (Lipinski definition) is 3. The predicted octanol–water partition coefficient (Wildman–Crippen LogP) is 1.19. The van der Waals surface area contributed by atoms with Crippen molar-refractivity contribution < 1.29 is 17.9 Å². The van der Waals surface area contributed by atoms with Crippen LogP contribution >= 0.6 is 0 Å². The Morgan fingerprint density at radius 1 is 1.18 bits per heavy atom. The summed E-state index contributed by atoms with van der Waals surface area (Å²) >= 11 is 0. The molecule has 0 aliphatic heterocycles. The summed E-state index contributed by atoms with van der Waals surface area (Å²) in [5.74, 6) is 0. The molecule has 0 aromatic rings. The van der Waals surface area contributed by atoms with Gasteiger partial charge in [-0.1, -0.05) is 17.9 Å². The Morgan fingerprint density at radius 3 is 1.64 bits per heavy atom. The molecular formula is C4H9F4N3. The second-order valence-electron chi connectivity index (χ2n) is 2.22. The van der Waals surface area contributed by atoms with Gasteiger partial charge in [0.2, 0.25) is 0 Å². The minimum atomic E-state index is -2.57. The lowest BCUT2D eigenvalue weighted by atomic mass is 10.1. The van der Waals surface area contributed by atoms with Gasteiger partial charge in [0, 0.05) is 17.1 Å². The van der Waals surface area contributed by atoms with E-state index in [2.05, 4.69) is 0 Å². The second kappa shape index (κ2) is 3.84. The number of nitrogens with zero attached hydrogens (tertiary/aromatic N) is 2. The summed E-state index contributed by atoms with van der Waals surface area (Å²) in [7, 11) is 0. The van der Waals surface area contributed by atoms with Crippen LogP contribution in [0.5, 0.6) is 0 Å². The lowest BCUT2D eigenvalue weighted by Crippen LogP contribution is -2.47. The number of halogens is 4. The molecule has 0 fully saturated rings. The van der Waals surface area contributed by atoms with Crippen LogP contribution in [-0.2, 0) is 0 Å². The fourth-order valence-corrected chi connectivity index (χ4v) is 0.500. The van der Waals surface area contributed by atoms with Crippen LogP contribution in [0.2, 0.25) is 0 Å². The Labute approximate surface area is 61.1 Å². The maximum absolute atomic E-state index is 11.8. The highest BCUT2D eigenvalue weighted by Crippen LogP contribution is 2.25. The quantitative estimate of drug-likeness (QED) is 0.395. The predicted molar refractivity (Wildman–Crippen MR) is 30.2 cm³/mol. The van der Waals surface area contributed by atoms with Gasteiger partial charge in [0.1, 0.15) is 0 Å². The molecule has 68 valence electrons. The van der Waals surface area contributed by atoms with Crippen LogP contribution < -0.4 is 5.73 Å². The zero-order valence-corrected chi connectivity index (χ0v) is 5.90. The van der Waals surface area contributed by atoms with Gasteiger partial charge < -0.3 is 5.73 Å². The number of nitrogens with two attached hydrogens (primary N) is 1. The van der Waals surface area contributed by atoms with Gasteiger partial charge in [-0.25, -0.2) is 0 Å². The molecule has 0 aliphatic rings.